The van der Waals surface area contributed by atoms with Crippen molar-refractivity contribution in [3.63, 3.8) is 0 Å². The van der Waals surface area contributed by atoms with Gasteiger partial charge in [0.25, 0.3) is 0 Å². The molecule has 0 heterocycles. The molecule has 11 heteroatoms. The van der Waals surface area contributed by atoms with Gasteiger partial charge >= 0.3 is 13.8 Å². The van der Waals surface area contributed by atoms with Crippen molar-refractivity contribution in [1.29, 1.82) is 0 Å². The van der Waals surface area contributed by atoms with Crippen molar-refractivity contribution < 1.29 is 37.2 Å². The number of benzene rings is 5. The Bertz CT molecular complexity index is 1930. The highest BCUT2D eigenvalue weighted by atomic mass is 31.2. The molecule has 10 nitrogen and oxygen atoms in total. The van der Waals surface area contributed by atoms with Crippen LogP contribution in [-0.2, 0) is 54.4 Å². The Morgan fingerprint density at radius 2 is 1.13 bits per heavy atom. The second kappa shape index (κ2) is 16.8. The molecule has 2 N–H and O–H groups in total. The number of nitrogens with one attached hydrogen (secondary N) is 2. The minimum atomic E-state index is -4.25. The first-order chi connectivity index (χ1) is 25.3. The summed E-state index contributed by atoms with van der Waals surface area (Å²) in [7, 11) is -4.25. The largest absolute Gasteiger partial charge is 0.530 e. The SMILES string of the molecule is CC(=O)NN[C@@]1(C(=O)OCc2ccccc2)C(C)C1c1ccc(OP(=O)(OCc2ccccc2)OCc2ccccc2)c(OCc2ccccc2)c1. The van der Waals surface area contributed by atoms with Crippen molar-refractivity contribution >= 4 is 19.7 Å². The third-order valence-corrected chi connectivity index (χ3v) is 10.1. The molecule has 1 fully saturated rings. The van der Waals surface area contributed by atoms with Gasteiger partial charge in [0, 0.05) is 12.8 Å². The third-order valence-electron chi connectivity index (χ3n) is 8.83. The van der Waals surface area contributed by atoms with Crippen molar-refractivity contribution in [2.45, 2.75) is 51.7 Å². The van der Waals surface area contributed by atoms with Crippen molar-refractivity contribution in [1.82, 2.24) is 10.9 Å². The quantitative estimate of drug-likeness (QED) is 0.0559. The molecule has 3 atom stereocenters. The van der Waals surface area contributed by atoms with Gasteiger partial charge in [0.15, 0.2) is 11.5 Å². The summed E-state index contributed by atoms with van der Waals surface area (Å²) in [5, 5.41) is 0. The highest BCUT2D eigenvalue weighted by molar-refractivity contribution is 7.48. The van der Waals surface area contributed by atoms with Gasteiger partial charge in [0.05, 0.1) is 13.2 Å². The van der Waals surface area contributed by atoms with Crippen molar-refractivity contribution in [2.75, 3.05) is 0 Å². The topological polar surface area (TPSA) is 121 Å². The number of ether oxygens (including phenoxy) is 2. The Labute approximate surface area is 303 Å². The first kappa shape index (κ1) is 36.5. The summed E-state index contributed by atoms with van der Waals surface area (Å²) in [5.41, 5.74) is 8.33. The summed E-state index contributed by atoms with van der Waals surface area (Å²) >= 11 is 0. The van der Waals surface area contributed by atoms with E-state index >= 15 is 0 Å². The fraction of sp³-hybridized carbons (Fsp3) is 0.220. The summed E-state index contributed by atoms with van der Waals surface area (Å²) in [4.78, 5) is 25.8. The maximum absolute atomic E-state index is 14.3. The molecule has 0 bridgehead atoms. The van der Waals surface area contributed by atoms with Crippen molar-refractivity contribution in [3.8, 4) is 11.5 Å². The average Bonchev–Trinajstić information content (AvgIpc) is 3.79. The molecule has 0 aromatic heterocycles. The van der Waals surface area contributed by atoms with E-state index in [4.69, 9.17) is 23.0 Å². The third kappa shape index (κ3) is 9.15. The van der Waals surface area contributed by atoms with Crippen LogP contribution in [0.2, 0.25) is 0 Å². The standard InChI is InChI=1S/C41H41N2O8P/c1-30-39(41(30,43-42-31(2)44)40(45)48-27-33-17-9-4-10-18-33)36-23-24-37(38(25-36)47-26-32-15-7-3-8-16-32)51-52(46,49-28-34-19-11-5-12-20-34)50-29-35-21-13-6-14-22-35/h3-25,30,39,43H,26-29H2,1-2H3,(H,42,44)/t30?,39?,41-/m0/s1. The van der Waals surface area contributed by atoms with E-state index in [-0.39, 0.29) is 49.8 Å². The molecule has 0 radical (unpaired) electrons. The van der Waals surface area contributed by atoms with Crippen LogP contribution < -0.4 is 20.1 Å². The molecule has 0 spiro atoms. The van der Waals surface area contributed by atoms with Gasteiger partial charge in [-0.15, -0.1) is 0 Å². The van der Waals surface area contributed by atoms with Crippen LogP contribution in [0.25, 0.3) is 0 Å². The smallest absolute Gasteiger partial charge is 0.485 e. The van der Waals surface area contributed by atoms with Gasteiger partial charge in [-0.2, -0.15) is 0 Å². The highest BCUT2D eigenvalue weighted by Crippen LogP contribution is 2.59. The Balaban J connectivity index is 1.30. The van der Waals surface area contributed by atoms with E-state index in [1.54, 1.807) is 18.2 Å². The zero-order valence-electron chi connectivity index (χ0n) is 29.0. The fourth-order valence-corrected chi connectivity index (χ4v) is 7.20. The molecule has 0 aliphatic heterocycles. The zero-order valence-corrected chi connectivity index (χ0v) is 29.9. The van der Waals surface area contributed by atoms with E-state index in [2.05, 4.69) is 10.9 Å². The van der Waals surface area contributed by atoms with Gasteiger partial charge in [-0.25, -0.2) is 14.8 Å². The second-order valence-electron chi connectivity index (χ2n) is 12.5. The Morgan fingerprint density at radius 1 is 0.654 bits per heavy atom. The highest BCUT2D eigenvalue weighted by Gasteiger charge is 2.69. The molecule has 268 valence electrons. The van der Waals surface area contributed by atoms with Crippen LogP contribution in [0.1, 0.15) is 47.6 Å². The number of carbonyl (C=O) groups is 2. The number of phosphoric ester groups is 1. The number of phosphoric acid groups is 1. The molecule has 1 aliphatic rings. The van der Waals surface area contributed by atoms with Crippen molar-refractivity contribution in [2.24, 2.45) is 5.92 Å². The summed E-state index contributed by atoms with van der Waals surface area (Å²) in [6.07, 6.45) is 0. The van der Waals surface area contributed by atoms with Gasteiger partial charge in [-0.3, -0.25) is 19.3 Å². The van der Waals surface area contributed by atoms with Crippen LogP contribution in [0.4, 0.5) is 0 Å². The zero-order chi connectivity index (χ0) is 36.4. The normalized spacial score (nSPS) is 17.9. The van der Waals surface area contributed by atoms with Gasteiger partial charge < -0.3 is 14.0 Å². The summed E-state index contributed by atoms with van der Waals surface area (Å²) in [5.74, 6) is -1.19. The molecule has 1 aliphatic carbocycles. The van der Waals surface area contributed by atoms with E-state index in [0.29, 0.717) is 5.56 Å². The molecule has 5 aromatic rings. The minimum Gasteiger partial charge on any atom is -0.485 e. The summed E-state index contributed by atoms with van der Waals surface area (Å²) < 4.78 is 44.4. The molecule has 52 heavy (non-hydrogen) atoms. The maximum atomic E-state index is 14.3. The molecular formula is C41H41N2O8P. The number of amides is 1. The Morgan fingerprint density at radius 3 is 1.63 bits per heavy atom. The predicted molar refractivity (Wildman–Crippen MR) is 196 cm³/mol. The van der Waals surface area contributed by atoms with Crippen LogP contribution in [-0.4, -0.2) is 17.4 Å². The van der Waals surface area contributed by atoms with Crippen LogP contribution in [0.15, 0.2) is 140 Å². The van der Waals surface area contributed by atoms with Crippen LogP contribution >= 0.6 is 7.82 Å². The van der Waals surface area contributed by atoms with E-state index in [9.17, 15) is 14.2 Å². The first-order valence-electron chi connectivity index (χ1n) is 17.0. The lowest BCUT2D eigenvalue weighted by molar-refractivity contribution is -0.150. The lowest BCUT2D eigenvalue weighted by Gasteiger charge is -2.22. The number of rotatable bonds is 17. The molecule has 5 aromatic carbocycles. The molecular weight excluding hydrogens is 679 g/mol. The lowest BCUT2D eigenvalue weighted by Crippen LogP contribution is -2.52. The number of hydrazine groups is 1. The summed E-state index contributed by atoms with van der Waals surface area (Å²) in [6, 6.07) is 42.7. The number of carbonyl (C=O) groups excluding carboxylic acids is 2. The molecule has 1 saturated carbocycles. The van der Waals surface area contributed by atoms with Crippen LogP contribution in [0.3, 0.4) is 0 Å². The van der Waals surface area contributed by atoms with Crippen LogP contribution in [0, 0.1) is 5.92 Å². The van der Waals surface area contributed by atoms with Gasteiger partial charge in [-0.1, -0.05) is 134 Å². The maximum Gasteiger partial charge on any atom is 0.530 e. The van der Waals surface area contributed by atoms with E-state index in [0.717, 1.165) is 22.3 Å². The Hall–Kier alpha value is -5.25. The van der Waals surface area contributed by atoms with Crippen molar-refractivity contribution in [3.05, 3.63) is 167 Å². The lowest BCUT2D eigenvalue weighted by atomic mass is 10.1. The van der Waals surface area contributed by atoms with Gasteiger partial charge in [-0.05, 0) is 45.9 Å². The first-order valence-corrected chi connectivity index (χ1v) is 18.4. The average molecular weight is 721 g/mol. The van der Waals surface area contributed by atoms with E-state index in [1.807, 2.05) is 128 Å². The molecule has 2 unspecified atom stereocenters. The molecule has 1 amide bonds. The Kier molecular flexibility index (Phi) is 11.8. The number of hydrogen-bond acceptors (Lipinski definition) is 9. The minimum absolute atomic E-state index is 0.0206. The molecule has 6 rings (SSSR count). The van der Waals surface area contributed by atoms with Gasteiger partial charge in [0.2, 0.25) is 5.91 Å². The molecule has 0 saturated heterocycles. The van der Waals surface area contributed by atoms with E-state index < -0.39 is 25.2 Å². The fourth-order valence-electron chi connectivity index (χ4n) is 6.01. The number of esters is 1. The second-order valence-corrected chi connectivity index (χ2v) is 14.1. The predicted octanol–water partition coefficient (Wildman–Crippen LogP) is 8.04. The summed E-state index contributed by atoms with van der Waals surface area (Å²) in [6.45, 7) is 3.47. The van der Waals surface area contributed by atoms with E-state index in [1.165, 1.54) is 6.92 Å². The van der Waals surface area contributed by atoms with Crippen LogP contribution in [0.5, 0.6) is 11.5 Å². The number of hydrogen-bond donors (Lipinski definition) is 2. The van der Waals surface area contributed by atoms with Gasteiger partial charge in [0.1, 0.15) is 18.8 Å². The monoisotopic (exact) mass is 720 g/mol.